The van der Waals surface area contributed by atoms with Crippen molar-refractivity contribution < 1.29 is 14.6 Å². The Balaban J connectivity index is 2.29. The number of aromatic carboxylic acids is 1. The summed E-state index contributed by atoms with van der Waals surface area (Å²) in [6.07, 6.45) is 3.47. The zero-order valence-corrected chi connectivity index (χ0v) is 9.61. The summed E-state index contributed by atoms with van der Waals surface area (Å²) in [6.45, 7) is 3.49. The first kappa shape index (κ1) is 12.7. The molecular weight excluding hydrogens is 204 g/mol. The Kier molecular flexibility index (Phi) is 5.57. The van der Waals surface area contributed by atoms with Gasteiger partial charge in [0.15, 0.2) is 0 Å². The molecule has 0 fully saturated rings. The third-order valence-electron chi connectivity index (χ3n) is 2.36. The van der Waals surface area contributed by atoms with Crippen molar-refractivity contribution in [2.45, 2.75) is 32.8 Å². The summed E-state index contributed by atoms with van der Waals surface area (Å²) >= 11 is 0. The summed E-state index contributed by atoms with van der Waals surface area (Å²) < 4.78 is 5.47. The standard InChI is InChI=1S/C13H18O3/c1-2-3-4-9-16-10-11-5-7-12(8-6-11)13(14)15/h5-8H,2-4,9-10H2,1H3,(H,14,15). The molecule has 0 spiro atoms. The Hall–Kier alpha value is -1.35. The fourth-order valence-corrected chi connectivity index (χ4v) is 1.39. The minimum Gasteiger partial charge on any atom is -0.478 e. The van der Waals surface area contributed by atoms with Gasteiger partial charge in [0.05, 0.1) is 12.2 Å². The van der Waals surface area contributed by atoms with E-state index in [0.29, 0.717) is 12.2 Å². The van der Waals surface area contributed by atoms with Crippen molar-refractivity contribution in [2.24, 2.45) is 0 Å². The van der Waals surface area contributed by atoms with Gasteiger partial charge in [-0.3, -0.25) is 0 Å². The van der Waals surface area contributed by atoms with Crippen molar-refractivity contribution in [3.05, 3.63) is 35.4 Å². The van der Waals surface area contributed by atoms with E-state index >= 15 is 0 Å². The SMILES string of the molecule is CCCCCOCc1ccc(C(=O)O)cc1. The maximum atomic E-state index is 10.6. The first-order valence-electron chi connectivity index (χ1n) is 5.64. The molecule has 1 rings (SSSR count). The quantitative estimate of drug-likeness (QED) is 0.721. The van der Waals surface area contributed by atoms with Crippen molar-refractivity contribution >= 4 is 5.97 Å². The molecule has 1 aromatic carbocycles. The summed E-state index contributed by atoms with van der Waals surface area (Å²) in [5, 5.41) is 8.72. The third-order valence-corrected chi connectivity index (χ3v) is 2.36. The van der Waals surface area contributed by atoms with Crippen LogP contribution in [0.25, 0.3) is 0 Å². The van der Waals surface area contributed by atoms with Crippen molar-refractivity contribution in [1.29, 1.82) is 0 Å². The van der Waals surface area contributed by atoms with Gasteiger partial charge in [0, 0.05) is 6.61 Å². The molecule has 0 heterocycles. The topological polar surface area (TPSA) is 46.5 Å². The molecule has 1 N–H and O–H groups in total. The van der Waals surface area contributed by atoms with Gasteiger partial charge in [0.1, 0.15) is 0 Å². The molecule has 0 amide bonds. The van der Waals surface area contributed by atoms with Crippen molar-refractivity contribution in [2.75, 3.05) is 6.61 Å². The van der Waals surface area contributed by atoms with Crippen LogP contribution in [0.3, 0.4) is 0 Å². The van der Waals surface area contributed by atoms with Crippen LogP contribution >= 0.6 is 0 Å². The molecule has 0 aliphatic heterocycles. The summed E-state index contributed by atoms with van der Waals surface area (Å²) in [5.74, 6) is -0.893. The Labute approximate surface area is 96.1 Å². The van der Waals surface area contributed by atoms with Crippen molar-refractivity contribution in [1.82, 2.24) is 0 Å². The van der Waals surface area contributed by atoms with Crippen LogP contribution in [-0.4, -0.2) is 17.7 Å². The third kappa shape index (κ3) is 4.45. The lowest BCUT2D eigenvalue weighted by atomic mass is 10.1. The fourth-order valence-electron chi connectivity index (χ4n) is 1.39. The number of hydrogen-bond donors (Lipinski definition) is 1. The number of carboxylic acids is 1. The predicted molar refractivity (Wildman–Crippen MR) is 62.6 cm³/mol. The van der Waals surface area contributed by atoms with Gasteiger partial charge < -0.3 is 9.84 Å². The van der Waals surface area contributed by atoms with E-state index in [1.807, 2.05) is 0 Å². The Bertz CT molecular complexity index is 316. The lowest BCUT2D eigenvalue weighted by Gasteiger charge is -2.04. The molecule has 0 aliphatic rings. The van der Waals surface area contributed by atoms with E-state index in [1.165, 1.54) is 12.8 Å². The minimum absolute atomic E-state index is 0.315. The van der Waals surface area contributed by atoms with Crippen LogP contribution in [-0.2, 0) is 11.3 Å². The van der Waals surface area contributed by atoms with Crippen molar-refractivity contribution in [3.8, 4) is 0 Å². The van der Waals surface area contributed by atoms with Gasteiger partial charge in [-0.25, -0.2) is 4.79 Å². The van der Waals surface area contributed by atoms with Crippen LogP contribution in [0, 0.1) is 0 Å². The summed E-state index contributed by atoms with van der Waals surface area (Å²) in [4.78, 5) is 10.6. The van der Waals surface area contributed by atoms with Crippen LogP contribution in [0.5, 0.6) is 0 Å². The number of benzene rings is 1. The van der Waals surface area contributed by atoms with Gasteiger partial charge in [-0.15, -0.1) is 0 Å². The minimum atomic E-state index is -0.893. The number of ether oxygens (including phenoxy) is 1. The molecule has 0 bridgehead atoms. The van der Waals surface area contributed by atoms with E-state index in [0.717, 1.165) is 18.6 Å². The Morgan fingerprint density at radius 1 is 1.25 bits per heavy atom. The maximum Gasteiger partial charge on any atom is 0.335 e. The van der Waals surface area contributed by atoms with Crippen LogP contribution in [0.15, 0.2) is 24.3 Å². The van der Waals surface area contributed by atoms with E-state index in [1.54, 1.807) is 24.3 Å². The van der Waals surface area contributed by atoms with Crippen LogP contribution in [0.1, 0.15) is 42.1 Å². The molecule has 0 aliphatic carbocycles. The van der Waals surface area contributed by atoms with E-state index in [2.05, 4.69) is 6.92 Å². The number of unbranched alkanes of at least 4 members (excludes halogenated alkanes) is 2. The monoisotopic (exact) mass is 222 g/mol. The van der Waals surface area contributed by atoms with Crippen LogP contribution in [0.4, 0.5) is 0 Å². The molecule has 88 valence electrons. The van der Waals surface area contributed by atoms with Gasteiger partial charge in [-0.1, -0.05) is 31.9 Å². The number of hydrogen-bond acceptors (Lipinski definition) is 2. The molecule has 0 unspecified atom stereocenters. The van der Waals surface area contributed by atoms with Gasteiger partial charge in [0.25, 0.3) is 0 Å². The van der Waals surface area contributed by atoms with E-state index in [9.17, 15) is 4.79 Å². The number of rotatable bonds is 7. The average Bonchev–Trinajstić information content (AvgIpc) is 2.29. The molecule has 16 heavy (non-hydrogen) atoms. The van der Waals surface area contributed by atoms with Crippen LogP contribution in [0.2, 0.25) is 0 Å². The zero-order chi connectivity index (χ0) is 11.8. The van der Waals surface area contributed by atoms with E-state index in [4.69, 9.17) is 9.84 Å². The lowest BCUT2D eigenvalue weighted by molar-refractivity contribution is 0.0696. The lowest BCUT2D eigenvalue weighted by Crippen LogP contribution is -1.98. The molecule has 0 saturated carbocycles. The normalized spacial score (nSPS) is 10.3. The zero-order valence-electron chi connectivity index (χ0n) is 9.61. The first-order valence-corrected chi connectivity index (χ1v) is 5.64. The largest absolute Gasteiger partial charge is 0.478 e. The second-order valence-corrected chi connectivity index (χ2v) is 3.76. The Morgan fingerprint density at radius 2 is 1.94 bits per heavy atom. The van der Waals surface area contributed by atoms with Gasteiger partial charge >= 0.3 is 5.97 Å². The van der Waals surface area contributed by atoms with Gasteiger partial charge in [-0.2, -0.15) is 0 Å². The molecule has 3 nitrogen and oxygen atoms in total. The van der Waals surface area contributed by atoms with Gasteiger partial charge in [0.2, 0.25) is 0 Å². The molecule has 0 atom stereocenters. The smallest absolute Gasteiger partial charge is 0.335 e. The summed E-state index contributed by atoms with van der Waals surface area (Å²) in [7, 11) is 0. The van der Waals surface area contributed by atoms with E-state index < -0.39 is 5.97 Å². The number of carboxylic acid groups (broad SMARTS) is 1. The second kappa shape index (κ2) is 7.01. The second-order valence-electron chi connectivity index (χ2n) is 3.76. The maximum absolute atomic E-state index is 10.6. The summed E-state index contributed by atoms with van der Waals surface area (Å²) in [6, 6.07) is 6.80. The van der Waals surface area contributed by atoms with Crippen molar-refractivity contribution in [3.63, 3.8) is 0 Å². The molecule has 3 heteroatoms. The Morgan fingerprint density at radius 3 is 2.50 bits per heavy atom. The van der Waals surface area contributed by atoms with Crippen LogP contribution < -0.4 is 0 Å². The highest BCUT2D eigenvalue weighted by atomic mass is 16.5. The number of carbonyl (C=O) groups is 1. The van der Waals surface area contributed by atoms with Gasteiger partial charge in [-0.05, 0) is 24.1 Å². The van der Waals surface area contributed by atoms with E-state index in [-0.39, 0.29) is 0 Å². The molecular formula is C13H18O3. The summed E-state index contributed by atoms with van der Waals surface area (Å²) in [5.41, 5.74) is 1.33. The molecule has 0 aromatic heterocycles. The fraction of sp³-hybridized carbons (Fsp3) is 0.462. The highest BCUT2D eigenvalue weighted by Crippen LogP contribution is 2.06. The predicted octanol–water partition coefficient (Wildman–Crippen LogP) is 3.09. The first-order chi connectivity index (χ1) is 7.74. The molecule has 1 aromatic rings. The highest BCUT2D eigenvalue weighted by Gasteiger charge is 2.01. The highest BCUT2D eigenvalue weighted by molar-refractivity contribution is 5.87. The molecule has 0 saturated heterocycles. The average molecular weight is 222 g/mol. The molecule has 0 radical (unpaired) electrons.